The first-order chi connectivity index (χ1) is 11.0. The van der Waals surface area contributed by atoms with Crippen molar-refractivity contribution >= 4 is 11.8 Å². The van der Waals surface area contributed by atoms with Crippen LogP contribution in [0.3, 0.4) is 0 Å². The van der Waals surface area contributed by atoms with E-state index in [1.807, 2.05) is 37.2 Å². The van der Waals surface area contributed by atoms with Crippen LogP contribution < -0.4 is 4.90 Å². The van der Waals surface area contributed by atoms with Crippen molar-refractivity contribution in [1.29, 1.82) is 0 Å². The molecule has 0 radical (unpaired) electrons. The lowest BCUT2D eigenvalue weighted by Crippen LogP contribution is -2.17. The van der Waals surface area contributed by atoms with Gasteiger partial charge in [-0.25, -0.2) is 0 Å². The fourth-order valence-electron chi connectivity index (χ4n) is 2.20. The Morgan fingerprint density at radius 1 is 1.26 bits per heavy atom. The molecule has 124 valence electrons. The Morgan fingerprint density at radius 3 is 2.57 bits per heavy atom. The maximum atomic E-state index is 12.0. The summed E-state index contributed by atoms with van der Waals surface area (Å²) in [6.07, 6.45) is 1.90. The van der Waals surface area contributed by atoms with Gasteiger partial charge in [0.05, 0.1) is 12.3 Å². The molecule has 0 saturated heterocycles. The quantitative estimate of drug-likeness (QED) is 0.581. The molecule has 0 N–H and O–H groups in total. The van der Waals surface area contributed by atoms with Gasteiger partial charge in [-0.1, -0.05) is 43.2 Å². The fourth-order valence-corrected chi connectivity index (χ4v) is 2.20. The summed E-state index contributed by atoms with van der Waals surface area (Å²) in [4.78, 5) is 13.9. The van der Waals surface area contributed by atoms with E-state index in [1.165, 1.54) is 5.56 Å². The first-order valence-electron chi connectivity index (χ1n) is 7.99. The van der Waals surface area contributed by atoms with Crippen molar-refractivity contribution in [3.8, 4) is 11.3 Å². The molecule has 1 heterocycles. The third-order valence-corrected chi connectivity index (χ3v) is 3.61. The average molecular weight is 315 g/mol. The molecule has 0 aliphatic carbocycles. The van der Waals surface area contributed by atoms with E-state index in [0.717, 1.165) is 29.9 Å². The maximum absolute atomic E-state index is 12.0. The molecule has 5 heteroatoms. The number of esters is 1. The number of aryl methyl sites for hydroxylation is 1. The second-order valence-electron chi connectivity index (χ2n) is 5.88. The maximum Gasteiger partial charge on any atom is 0.327 e. The van der Waals surface area contributed by atoms with E-state index in [1.54, 1.807) is 4.68 Å². The number of rotatable bonds is 7. The minimum absolute atomic E-state index is 0.126. The molecular weight excluding hydrogens is 290 g/mol. The molecule has 0 saturated carbocycles. The molecule has 0 fully saturated rings. The summed E-state index contributed by atoms with van der Waals surface area (Å²) in [7, 11) is 3.87. The van der Waals surface area contributed by atoms with Gasteiger partial charge in [-0.3, -0.25) is 9.48 Å². The average Bonchev–Trinajstić information content (AvgIpc) is 2.92. The van der Waals surface area contributed by atoms with Crippen molar-refractivity contribution in [2.75, 3.05) is 25.6 Å². The monoisotopic (exact) mass is 315 g/mol. The van der Waals surface area contributed by atoms with E-state index in [-0.39, 0.29) is 12.5 Å². The van der Waals surface area contributed by atoms with Crippen LogP contribution in [0.1, 0.15) is 25.3 Å². The van der Waals surface area contributed by atoms with Crippen LogP contribution in [0.2, 0.25) is 0 Å². The lowest BCUT2D eigenvalue weighted by atomic mass is 10.1. The van der Waals surface area contributed by atoms with Gasteiger partial charge in [0.2, 0.25) is 0 Å². The first kappa shape index (κ1) is 17.1. The third kappa shape index (κ3) is 4.58. The number of unbranched alkanes of at least 4 members (excludes halogenated alkanes) is 1. The van der Waals surface area contributed by atoms with E-state index in [2.05, 4.69) is 31.1 Å². The Morgan fingerprint density at radius 2 is 1.96 bits per heavy atom. The molecule has 5 nitrogen and oxygen atoms in total. The second kappa shape index (κ2) is 7.81. The van der Waals surface area contributed by atoms with E-state index in [4.69, 9.17) is 4.74 Å². The Kier molecular flexibility index (Phi) is 5.79. The normalized spacial score (nSPS) is 10.6. The molecule has 1 aromatic carbocycles. The van der Waals surface area contributed by atoms with Gasteiger partial charge in [0.1, 0.15) is 6.54 Å². The van der Waals surface area contributed by atoms with Crippen LogP contribution in [-0.2, 0) is 16.1 Å². The minimum atomic E-state index is -0.250. The SMILES string of the molecule is CCCCOC(=O)Cn1nc(N(C)C)cc1-c1ccc(C)cc1. The summed E-state index contributed by atoms with van der Waals surface area (Å²) in [5.74, 6) is 0.571. The Balaban J connectivity index is 2.23. The van der Waals surface area contributed by atoms with Crippen LogP contribution in [0.25, 0.3) is 11.3 Å². The second-order valence-corrected chi connectivity index (χ2v) is 5.88. The summed E-state index contributed by atoms with van der Waals surface area (Å²) < 4.78 is 6.97. The van der Waals surface area contributed by atoms with Gasteiger partial charge in [-0.15, -0.1) is 0 Å². The van der Waals surface area contributed by atoms with Gasteiger partial charge < -0.3 is 9.64 Å². The minimum Gasteiger partial charge on any atom is -0.464 e. The van der Waals surface area contributed by atoms with E-state index >= 15 is 0 Å². The largest absolute Gasteiger partial charge is 0.464 e. The van der Waals surface area contributed by atoms with Gasteiger partial charge >= 0.3 is 5.97 Å². The molecule has 1 aromatic heterocycles. The van der Waals surface area contributed by atoms with Crippen LogP contribution in [0.4, 0.5) is 5.82 Å². The van der Waals surface area contributed by atoms with Crippen LogP contribution in [-0.4, -0.2) is 36.5 Å². The molecule has 0 bridgehead atoms. The lowest BCUT2D eigenvalue weighted by molar-refractivity contribution is -0.144. The van der Waals surface area contributed by atoms with Crippen LogP contribution in [0, 0.1) is 6.92 Å². The fraction of sp³-hybridized carbons (Fsp3) is 0.444. The van der Waals surface area contributed by atoms with E-state index in [9.17, 15) is 4.79 Å². The number of nitrogens with zero attached hydrogens (tertiary/aromatic N) is 3. The Hall–Kier alpha value is -2.30. The summed E-state index contributed by atoms with van der Waals surface area (Å²) in [6, 6.07) is 10.2. The Labute approximate surface area is 137 Å². The first-order valence-corrected chi connectivity index (χ1v) is 7.99. The predicted molar refractivity (Wildman–Crippen MR) is 92.6 cm³/mol. The number of hydrogen-bond acceptors (Lipinski definition) is 4. The zero-order valence-corrected chi connectivity index (χ0v) is 14.4. The molecule has 0 spiro atoms. The van der Waals surface area contributed by atoms with Crippen molar-refractivity contribution in [2.24, 2.45) is 0 Å². The van der Waals surface area contributed by atoms with Gasteiger partial charge in [0.15, 0.2) is 5.82 Å². The van der Waals surface area contributed by atoms with Crippen LogP contribution in [0.15, 0.2) is 30.3 Å². The topological polar surface area (TPSA) is 47.4 Å². The molecule has 23 heavy (non-hydrogen) atoms. The molecule has 2 rings (SSSR count). The molecule has 0 amide bonds. The van der Waals surface area contributed by atoms with Gasteiger partial charge in [0.25, 0.3) is 0 Å². The number of benzene rings is 1. The number of carbonyl (C=O) groups is 1. The smallest absolute Gasteiger partial charge is 0.327 e. The highest BCUT2D eigenvalue weighted by Gasteiger charge is 2.14. The molecule has 2 aromatic rings. The molecule has 0 atom stereocenters. The van der Waals surface area contributed by atoms with Crippen molar-refractivity contribution in [1.82, 2.24) is 9.78 Å². The number of anilines is 1. The lowest BCUT2D eigenvalue weighted by Gasteiger charge is -2.08. The van der Waals surface area contributed by atoms with E-state index < -0.39 is 0 Å². The van der Waals surface area contributed by atoms with Crippen molar-refractivity contribution in [3.63, 3.8) is 0 Å². The summed E-state index contributed by atoms with van der Waals surface area (Å²) >= 11 is 0. The number of hydrogen-bond donors (Lipinski definition) is 0. The summed E-state index contributed by atoms with van der Waals surface area (Å²) in [6.45, 7) is 4.72. The van der Waals surface area contributed by atoms with Gasteiger partial charge in [0, 0.05) is 20.2 Å². The summed E-state index contributed by atoms with van der Waals surface area (Å²) in [5, 5.41) is 4.52. The number of aromatic nitrogens is 2. The van der Waals surface area contributed by atoms with Crippen molar-refractivity contribution in [2.45, 2.75) is 33.2 Å². The van der Waals surface area contributed by atoms with Gasteiger partial charge in [-0.05, 0) is 18.9 Å². The predicted octanol–water partition coefficient (Wildman–Crippen LogP) is 3.27. The highest BCUT2D eigenvalue weighted by Crippen LogP contribution is 2.24. The van der Waals surface area contributed by atoms with Gasteiger partial charge in [-0.2, -0.15) is 5.10 Å². The zero-order chi connectivity index (χ0) is 16.8. The van der Waals surface area contributed by atoms with Crippen LogP contribution >= 0.6 is 0 Å². The zero-order valence-electron chi connectivity index (χ0n) is 14.4. The highest BCUT2D eigenvalue weighted by molar-refractivity contribution is 5.72. The number of ether oxygens (including phenoxy) is 1. The molecule has 0 aliphatic rings. The molecule has 0 aliphatic heterocycles. The standard InChI is InChI=1S/C18H25N3O2/c1-5-6-11-23-18(22)13-21-16(12-17(19-21)20(3)4)15-9-7-14(2)8-10-15/h7-10,12H,5-6,11,13H2,1-4H3. The molecular formula is C18H25N3O2. The third-order valence-electron chi connectivity index (χ3n) is 3.61. The highest BCUT2D eigenvalue weighted by atomic mass is 16.5. The Bertz CT molecular complexity index is 645. The number of carbonyl (C=O) groups excluding carboxylic acids is 1. The van der Waals surface area contributed by atoms with Crippen molar-refractivity contribution < 1.29 is 9.53 Å². The molecule has 0 unspecified atom stereocenters. The van der Waals surface area contributed by atoms with Crippen molar-refractivity contribution in [3.05, 3.63) is 35.9 Å². The summed E-state index contributed by atoms with van der Waals surface area (Å²) in [5.41, 5.74) is 3.16. The van der Waals surface area contributed by atoms with Crippen LogP contribution in [0.5, 0.6) is 0 Å². The van der Waals surface area contributed by atoms with E-state index in [0.29, 0.717) is 6.61 Å².